The standard InChI is InChI=1S/C32H42FN3O6/c1-7-41-26(38)11-10-14-42-29-22(32(2,3)4)15-20(16-23(29)35-12-8-9-13-35)24(37)19-36-18-21-17-25(39-5)30(40-6)28(33)27(21)31(36)34/h15-17,34H,7-14,18-19H2,1-6H3. The fourth-order valence-corrected chi connectivity index (χ4v) is 5.52. The maximum atomic E-state index is 15.3. The number of ketones is 1. The molecule has 1 fully saturated rings. The van der Waals surface area contributed by atoms with E-state index in [0.29, 0.717) is 30.8 Å². The van der Waals surface area contributed by atoms with Gasteiger partial charge in [0.1, 0.15) is 11.6 Å². The summed E-state index contributed by atoms with van der Waals surface area (Å²) in [4.78, 5) is 29.4. The Bertz CT molecular complexity index is 1350. The van der Waals surface area contributed by atoms with Crippen molar-refractivity contribution in [1.29, 1.82) is 5.41 Å². The fraction of sp³-hybridized carbons (Fsp3) is 0.531. The van der Waals surface area contributed by atoms with E-state index in [0.717, 1.165) is 42.9 Å². The van der Waals surface area contributed by atoms with Gasteiger partial charge >= 0.3 is 5.97 Å². The third-order valence-electron chi connectivity index (χ3n) is 7.66. The van der Waals surface area contributed by atoms with Crippen LogP contribution in [0.25, 0.3) is 0 Å². The molecule has 0 unspecified atom stereocenters. The van der Waals surface area contributed by atoms with Crippen LogP contribution >= 0.6 is 0 Å². The number of Topliss-reactive ketones (excluding diaryl/α,β-unsaturated/α-hetero) is 1. The second kappa shape index (κ2) is 13.0. The summed E-state index contributed by atoms with van der Waals surface area (Å²) in [6, 6.07) is 5.42. The lowest BCUT2D eigenvalue weighted by atomic mass is 9.84. The first-order chi connectivity index (χ1) is 20.0. The topological polar surface area (TPSA) is 101 Å². The van der Waals surface area contributed by atoms with Crippen molar-refractivity contribution in [3.63, 3.8) is 0 Å². The number of halogens is 1. The molecule has 10 heteroatoms. The van der Waals surface area contributed by atoms with E-state index in [1.165, 1.54) is 14.2 Å². The van der Waals surface area contributed by atoms with E-state index in [-0.39, 0.29) is 59.6 Å². The number of nitrogens with zero attached hydrogens (tertiary/aromatic N) is 2. The van der Waals surface area contributed by atoms with Gasteiger partial charge in [-0.1, -0.05) is 20.8 Å². The van der Waals surface area contributed by atoms with Gasteiger partial charge in [0.2, 0.25) is 0 Å². The Kier molecular flexibility index (Phi) is 9.64. The number of carbonyl (C=O) groups excluding carboxylic acids is 2. The molecule has 2 heterocycles. The Morgan fingerprint density at radius 3 is 2.38 bits per heavy atom. The fourth-order valence-electron chi connectivity index (χ4n) is 5.52. The molecule has 228 valence electrons. The number of fused-ring (bicyclic) bond motifs is 1. The Morgan fingerprint density at radius 2 is 1.76 bits per heavy atom. The molecule has 1 saturated heterocycles. The number of ether oxygens (including phenoxy) is 4. The Hall–Kier alpha value is -3.82. The van der Waals surface area contributed by atoms with Crippen molar-refractivity contribution in [3.05, 3.63) is 46.3 Å². The molecule has 42 heavy (non-hydrogen) atoms. The number of anilines is 1. The third kappa shape index (κ3) is 6.47. The van der Waals surface area contributed by atoms with Gasteiger partial charge in [0, 0.05) is 37.2 Å². The Labute approximate surface area is 247 Å². The zero-order chi connectivity index (χ0) is 30.6. The zero-order valence-corrected chi connectivity index (χ0v) is 25.5. The largest absolute Gasteiger partial charge is 0.493 e. The van der Waals surface area contributed by atoms with Crippen molar-refractivity contribution in [3.8, 4) is 17.2 Å². The number of amidine groups is 1. The molecule has 0 radical (unpaired) electrons. The van der Waals surface area contributed by atoms with E-state index in [2.05, 4.69) is 25.7 Å². The van der Waals surface area contributed by atoms with Gasteiger partial charge in [-0.15, -0.1) is 0 Å². The van der Waals surface area contributed by atoms with Crippen LogP contribution in [0.15, 0.2) is 18.2 Å². The summed E-state index contributed by atoms with van der Waals surface area (Å²) in [7, 11) is 2.79. The monoisotopic (exact) mass is 583 g/mol. The lowest BCUT2D eigenvalue weighted by Crippen LogP contribution is -2.31. The SMILES string of the molecule is CCOC(=O)CCCOc1c(N2CCCC2)cc(C(=O)CN2Cc3cc(OC)c(OC)c(F)c3C2=N)cc1C(C)(C)C. The molecule has 2 aromatic carbocycles. The summed E-state index contributed by atoms with van der Waals surface area (Å²) in [5, 5.41) is 8.66. The van der Waals surface area contributed by atoms with Gasteiger partial charge in [0.15, 0.2) is 23.1 Å². The molecule has 4 rings (SSSR count). The second-order valence-electron chi connectivity index (χ2n) is 11.7. The number of carbonyl (C=O) groups is 2. The average Bonchev–Trinajstić information content (AvgIpc) is 3.58. The Morgan fingerprint density at radius 1 is 1.05 bits per heavy atom. The summed E-state index contributed by atoms with van der Waals surface area (Å²) in [5.41, 5.74) is 2.63. The van der Waals surface area contributed by atoms with E-state index in [1.807, 2.05) is 12.1 Å². The quantitative estimate of drug-likeness (QED) is 0.199. The lowest BCUT2D eigenvalue weighted by molar-refractivity contribution is -0.143. The molecular weight excluding hydrogens is 541 g/mol. The summed E-state index contributed by atoms with van der Waals surface area (Å²) >= 11 is 0. The van der Waals surface area contributed by atoms with E-state index in [9.17, 15) is 9.59 Å². The van der Waals surface area contributed by atoms with E-state index in [4.69, 9.17) is 24.4 Å². The van der Waals surface area contributed by atoms with Gasteiger partial charge < -0.3 is 28.7 Å². The van der Waals surface area contributed by atoms with Gasteiger partial charge in [-0.05, 0) is 55.4 Å². The van der Waals surface area contributed by atoms with E-state index >= 15 is 4.39 Å². The molecule has 1 N–H and O–H groups in total. The number of nitrogens with one attached hydrogen (secondary N) is 1. The molecule has 0 bridgehead atoms. The van der Waals surface area contributed by atoms with Crippen molar-refractivity contribution in [2.24, 2.45) is 0 Å². The number of benzene rings is 2. The number of hydrogen-bond donors (Lipinski definition) is 1. The van der Waals surface area contributed by atoms with Crippen LogP contribution in [-0.4, -0.2) is 69.6 Å². The highest BCUT2D eigenvalue weighted by Gasteiger charge is 2.34. The number of rotatable bonds is 12. The van der Waals surface area contributed by atoms with Gasteiger partial charge in [-0.25, -0.2) is 4.39 Å². The maximum absolute atomic E-state index is 15.3. The highest BCUT2D eigenvalue weighted by molar-refractivity contribution is 6.06. The Balaban J connectivity index is 1.62. The van der Waals surface area contributed by atoms with Gasteiger partial charge in [0.25, 0.3) is 0 Å². The number of hydrogen-bond acceptors (Lipinski definition) is 8. The van der Waals surface area contributed by atoms with Crippen LogP contribution in [0.4, 0.5) is 10.1 Å². The maximum Gasteiger partial charge on any atom is 0.305 e. The minimum atomic E-state index is -0.664. The van der Waals surface area contributed by atoms with Gasteiger partial charge in [-0.2, -0.15) is 0 Å². The zero-order valence-electron chi connectivity index (χ0n) is 25.5. The molecule has 2 aromatic rings. The molecule has 0 amide bonds. The second-order valence-corrected chi connectivity index (χ2v) is 11.7. The number of methoxy groups -OCH3 is 2. The molecule has 0 aliphatic carbocycles. The molecule has 0 saturated carbocycles. The molecular formula is C32H42FN3O6. The van der Waals surface area contributed by atoms with Crippen molar-refractivity contribution in [2.45, 2.75) is 65.3 Å². The molecule has 0 atom stereocenters. The highest BCUT2D eigenvalue weighted by Crippen LogP contribution is 2.42. The van der Waals surface area contributed by atoms with Crippen LogP contribution in [0.5, 0.6) is 17.2 Å². The van der Waals surface area contributed by atoms with Crippen LogP contribution in [0.3, 0.4) is 0 Å². The predicted octanol–water partition coefficient (Wildman–Crippen LogP) is 5.49. The van der Waals surface area contributed by atoms with E-state index < -0.39 is 5.82 Å². The van der Waals surface area contributed by atoms with Gasteiger partial charge in [0.05, 0.1) is 45.2 Å². The first-order valence-electron chi connectivity index (χ1n) is 14.5. The van der Waals surface area contributed by atoms with Crippen molar-refractivity contribution < 1.29 is 32.9 Å². The molecule has 0 aromatic heterocycles. The normalized spacial score (nSPS) is 14.7. The minimum Gasteiger partial charge on any atom is -0.493 e. The summed E-state index contributed by atoms with van der Waals surface area (Å²) in [6.07, 6.45) is 2.89. The van der Waals surface area contributed by atoms with Crippen LogP contribution in [0.1, 0.15) is 80.4 Å². The summed E-state index contributed by atoms with van der Waals surface area (Å²) < 4.78 is 37.1. The predicted molar refractivity (Wildman–Crippen MR) is 159 cm³/mol. The van der Waals surface area contributed by atoms with Crippen LogP contribution < -0.4 is 19.1 Å². The van der Waals surface area contributed by atoms with Crippen LogP contribution in [-0.2, 0) is 21.5 Å². The third-order valence-corrected chi connectivity index (χ3v) is 7.66. The highest BCUT2D eigenvalue weighted by atomic mass is 19.1. The smallest absolute Gasteiger partial charge is 0.305 e. The molecule has 9 nitrogen and oxygen atoms in total. The minimum absolute atomic E-state index is 0.0582. The summed E-state index contributed by atoms with van der Waals surface area (Å²) in [6.45, 7) is 10.5. The van der Waals surface area contributed by atoms with Crippen molar-refractivity contribution >= 4 is 23.3 Å². The van der Waals surface area contributed by atoms with Crippen molar-refractivity contribution in [2.75, 3.05) is 52.0 Å². The van der Waals surface area contributed by atoms with E-state index in [1.54, 1.807) is 17.9 Å². The van der Waals surface area contributed by atoms with Crippen LogP contribution in [0, 0.1) is 11.2 Å². The molecule has 0 spiro atoms. The molecule has 2 aliphatic rings. The lowest BCUT2D eigenvalue weighted by Gasteiger charge is -2.30. The van der Waals surface area contributed by atoms with Crippen molar-refractivity contribution in [1.82, 2.24) is 4.90 Å². The molecule has 2 aliphatic heterocycles. The summed E-state index contributed by atoms with van der Waals surface area (Å²) in [5.74, 6) is -0.227. The van der Waals surface area contributed by atoms with Gasteiger partial charge in [-0.3, -0.25) is 15.0 Å². The number of esters is 1. The first kappa shape index (κ1) is 31.1. The average molecular weight is 584 g/mol. The van der Waals surface area contributed by atoms with Crippen LogP contribution in [0.2, 0.25) is 0 Å². The first-order valence-corrected chi connectivity index (χ1v) is 14.5.